The van der Waals surface area contributed by atoms with E-state index in [-0.39, 0.29) is 18.5 Å². The highest BCUT2D eigenvalue weighted by molar-refractivity contribution is 7.92. The molecular weight excluding hydrogens is 533 g/mol. The summed E-state index contributed by atoms with van der Waals surface area (Å²) in [6.07, 6.45) is 5.40. The highest BCUT2D eigenvalue weighted by atomic mass is 35.5. The van der Waals surface area contributed by atoms with Crippen molar-refractivity contribution in [2.24, 2.45) is 0 Å². The second-order valence-corrected chi connectivity index (χ2v) is 12.5. The molecule has 2 aromatic rings. The quantitative estimate of drug-likeness (QED) is 0.425. The molecule has 0 unspecified atom stereocenters. The van der Waals surface area contributed by atoms with Gasteiger partial charge < -0.3 is 10.2 Å². The Morgan fingerprint density at radius 1 is 1.05 bits per heavy atom. The summed E-state index contributed by atoms with van der Waals surface area (Å²) in [4.78, 5) is 28.6. The number of sulfonamides is 1. The van der Waals surface area contributed by atoms with Gasteiger partial charge in [0.2, 0.25) is 21.8 Å². The van der Waals surface area contributed by atoms with Gasteiger partial charge in [-0.3, -0.25) is 13.9 Å². The fourth-order valence-electron chi connectivity index (χ4n) is 4.80. The van der Waals surface area contributed by atoms with Gasteiger partial charge in [0.25, 0.3) is 0 Å². The first-order valence-corrected chi connectivity index (χ1v) is 15.1. The highest BCUT2D eigenvalue weighted by Gasteiger charge is 2.33. The maximum Gasteiger partial charge on any atom is 0.244 e. The first-order valence-electron chi connectivity index (χ1n) is 12.5. The highest BCUT2D eigenvalue weighted by Crippen LogP contribution is 2.27. The number of carbonyl (C=O) groups excluding carboxylic acids is 2. The van der Waals surface area contributed by atoms with Crippen LogP contribution in [0.2, 0.25) is 10.0 Å². The molecule has 0 saturated heterocycles. The van der Waals surface area contributed by atoms with Gasteiger partial charge in [-0.25, -0.2) is 8.42 Å². The molecule has 2 aromatic carbocycles. The Kier molecular flexibility index (Phi) is 9.89. The number of nitrogens with one attached hydrogen (secondary N) is 1. The van der Waals surface area contributed by atoms with E-state index in [1.54, 1.807) is 24.3 Å². The largest absolute Gasteiger partial charge is 0.352 e. The molecule has 0 spiro atoms. The third-order valence-corrected chi connectivity index (χ3v) is 8.59. The number of hydrogen-bond donors (Lipinski definition) is 1. The second kappa shape index (κ2) is 12.5. The van der Waals surface area contributed by atoms with Crippen molar-refractivity contribution in [3.05, 3.63) is 63.1 Å². The lowest BCUT2D eigenvalue weighted by molar-refractivity contribution is -0.140. The van der Waals surface area contributed by atoms with Crippen molar-refractivity contribution in [2.75, 3.05) is 17.1 Å². The third-order valence-electron chi connectivity index (χ3n) is 6.72. The van der Waals surface area contributed by atoms with Crippen molar-refractivity contribution < 1.29 is 18.0 Å². The lowest BCUT2D eigenvalue weighted by Crippen LogP contribution is -2.53. The van der Waals surface area contributed by atoms with Crippen LogP contribution >= 0.6 is 23.2 Å². The zero-order valence-corrected chi connectivity index (χ0v) is 24.1. The minimum Gasteiger partial charge on any atom is -0.352 e. The number of halogens is 2. The van der Waals surface area contributed by atoms with Gasteiger partial charge in [-0.15, -0.1) is 0 Å². The van der Waals surface area contributed by atoms with E-state index in [0.717, 1.165) is 47.4 Å². The molecule has 0 radical (unpaired) electrons. The Morgan fingerprint density at radius 3 is 2.30 bits per heavy atom. The molecule has 2 amide bonds. The lowest BCUT2D eigenvalue weighted by atomic mass is 10.1. The molecule has 0 heterocycles. The van der Waals surface area contributed by atoms with Gasteiger partial charge in [-0.2, -0.15) is 0 Å². The molecule has 10 heteroatoms. The third kappa shape index (κ3) is 7.62. The van der Waals surface area contributed by atoms with Crippen LogP contribution in [0.1, 0.15) is 55.7 Å². The van der Waals surface area contributed by atoms with Gasteiger partial charge in [0, 0.05) is 12.6 Å². The summed E-state index contributed by atoms with van der Waals surface area (Å²) in [6, 6.07) is 9.73. The van der Waals surface area contributed by atoms with Crippen molar-refractivity contribution >= 4 is 50.7 Å². The standard InChI is InChI=1S/C27H35Cl2N3O4S/c1-5-24(27(34)30-21-8-6-7-9-21)31(16-20-11-12-22(28)23(29)15-20)26(33)17-32(37(4,35)36)25-13-10-18(2)14-19(25)3/h10-15,21,24H,5-9,16-17H2,1-4H3,(H,30,34)/t24-/m1/s1. The predicted molar refractivity (Wildman–Crippen MR) is 150 cm³/mol. The summed E-state index contributed by atoms with van der Waals surface area (Å²) in [5.74, 6) is -0.717. The number of anilines is 1. The van der Waals surface area contributed by atoms with Crippen LogP contribution in [-0.4, -0.2) is 50.0 Å². The van der Waals surface area contributed by atoms with Crippen LogP contribution in [-0.2, 0) is 26.2 Å². The summed E-state index contributed by atoms with van der Waals surface area (Å²) in [7, 11) is -3.79. The molecule has 202 valence electrons. The molecule has 1 fully saturated rings. The number of hydrogen-bond acceptors (Lipinski definition) is 4. The van der Waals surface area contributed by atoms with E-state index in [1.165, 1.54) is 4.90 Å². The van der Waals surface area contributed by atoms with Crippen molar-refractivity contribution in [1.29, 1.82) is 0 Å². The number of carbonyl (C=O) groups is 2. The van der Waals surface area contributed by atoms with Gasteiger partial charge in [0.1, 0.15) is 12.6 Å². The van der Waals surface area contributed by atoms with Crippen LogP contribution < -0.4 is 9.62 Å². The van der Waals surface area contributed by atoms with Crippen LogP contribution in [0.25, 0.3) is 0 Å². The molecule has 1 aliphatic rings. The first-order chi connectivity index (χ1) is 17.4. The minimum atomic E-state index is -3.79. The van der Waals surface area contributed by atoms with E-state index in [4.69, 9.17) is 23.2 Å². The molecule has 0 aromatic heterocycles. The van der Waals surface area contributed by atoms with E-state index in [2.05, 4.69) is 5.32 Å². The number of benzene rings is 2. The van der Waals surface area contributed by atoms with E-state index < -0.39 is 28.5 Å². The second-order valence-electron chi connectivity index (χ2n) is 9.74. The molecule has 1 atom stereocenters. The molecule has 1 N–H and O–H groups in total. The topological polar surface area (TPSA) is 86.8 Å². The maximum atomic E-state index is 13.8. The van der Waals surface area contributed by atoms with E-state index in [0.29, 0.717) is 27.7 Å². The van der Waals surface area contributed by atoms with Crippen LogP contribution in [0.4, 0.5) is 5.69 Å². The van der Waals surface area contributed by atoms with Crippen LogP contribution in [0.3, 0.4) is 0 Å². The van der Waals surface area contributed by atoms with E-state index in [1.807, 2.05) is 32.9 Å². The Labute approximate surface area is 230 Å². The van der Waals surface area contributed by atoms with E-state index >= 15 is 0 Å². The van der Waals surface area contributed by atoms with Crippen LogP contribution in [0.5, 0.6) is 0 Å². The summed E-state index contributed by atoms with van der Waals surface area (Å²) < 4.78 is 26.7. The average Bonchev–Trinajstić information content (AvgIpc) is 3.32. The Balaban J connectivity index is 1.96. The van der Waals surface area contributed by atoms with Crippen molar-refractivity contribution in [3.63, 3.8) is 0 Å². The number of rotatable bonds is 10. The Hall–Kier alpha value is -2.29. The normalized spacial score (nSPS) is 14.9. The van der Waals surface area contributed by atoms with Crippen molar-refractivity contribution in [3.8, 4) is 0 Å². The summed E-state index contributed by atoms with van der Waals surface area (Å²) in [6.45, 7) is 5.21. The fraction of sp³-hybridized carbons (Fsp3) is 0.481. The summed E-state index contributed by atoms with van der Waals surface area (Å²) in [5, 5.41) is 3.81. The van der Waals surface area contributed by atoms with Crippen molar-refractivity contribution in [1.82, 2.24) is 10.2 Å². The molecular formula is C27H35Cl2N3O4S. The van der Waals surface area contributed by atoms with Gasteiger partial charge in [0.15, 0.2) is 0 Å². The van der Waals surface area contributed by atoms with Gasteiger partial charge in [-0.05, 0) is 62.4 Å². The lowest BCUT2D eigenvalue weighted by Gasteiger charge is -2.33. The fourth-order valence-corrected chi connectivity index (χ4v) is 6.03. The first kappa shape index (κ1) is 29.3. The summed E-state index contributed by atoms with van der Waals surface area (Å²) >= 11 is 12.3. The van der Waals surface area contributed by atoms with E-state index in [9.17, 15) is 18.0 Å². The minimum absolute atomic E-state index is 0.0802. The number of amides is 2. The van der Waals surface area contributed by atoms with Crippen LogP contribution in [0.15, 0.2) is 36.4 Å². The Morgan fingerprint density at radius 2 is 1.73 bits per heavy atom. The average molecular weight is 569 g/mol. The molecule has 7 nitrogen and oxygen atoms in total. The molecule has 0 aliphatic heterocycles. The maximum absolute atomic E-state index is 13.8. The van der Waals surface area contributed by atoms with Crippen LogP contribution in [0, 0.1) is 13.8 Å². The SMILES string of the molecule is CC[C@H](C(=O)NC1CCCC1)N(Cc1ccc(Cl)c(Cl)c1)C(=O)CN(c1ccc(C)cc1C)S(C)(=O)=O. The molecule has 1 aliphatic carbocycles. The smallest absolute Gasteiger partial charge is 0.244 e. The summed E-state index contributed by atoms with van der Waals surface area (Å²) in [5.41, 5.74) is 2.84. The Bertz CT molecular complexity index is 1250. The number of nitrogens with zero attached hydrogens (tertiary/aromatic N) is 2. The zero-order valence-electron chi connectivity index (χ0n) is 21.8. The monoisotopic (exact) mass is 567 g/mol. The zero-order chi connectivity index (χ0) is 27.3. The molecule has 37 heavy (non-hydrogen) atoms. The number of aryl methyl sites for hydroxylation is 2. The van der Waals surface area contributed by atoms with Gasteiger partial charge in [0.05, 0.1) is 22.0 Å². The van der Waals surface area contributed by atoms with Gasteiger partial charge in [-0.1, -0.05) is 66.7 Å². The van der Waals surface area contributed by atoms with Gasteiger partial charge >= 0.3 is 0 Å². The molecule has 1 saturated carbocycles. The molecule has 3 rings (SSSR count). The predicted octanol–water partition coefficient (Wildman–Crippen LogP) is 5.24. The van der Waals surface area contributed by atoms with Crippen molar-refractivity contribution in [2.45, 2.75) is 71.5 Å². The molecule has 0 bridgehead atoms.